The molecule has 2 N–H and O–H groups in total. The van der Waals surface area contributed by atoms with Crippen molar-refractivity contribution >= 4 is 17.7 Å². The minimum absolute atomic E-state index is 0.197. The first-order chi connectivity index (χ1) is 9.69. The van der Waals surface area contributed by atoms with E-state index in [1.807, 2.05) is 24.3 Å². The molecule has 5 nitrogen and oxygen atoms in total. The van der Waals surface area contributed by atoms with Crippen LogP contribution in [-0.4, -0.2) is 21.9 Å². The molecule has 1 aromatic heterocycles. The summed E-state index contributed by atoms with van der Waals surface area (Å²) in [6.07, 6.45) is 0. The number of nitrogens with zero attached hydrogens (tertiary/aromatic N) is 1. The van der Waals surface area contributed by atoms with Crippen LogP contribution in [0.2, 0.25) is 0 Å². The number of thioether (sulfide) groups is 1. The monoisotopic (exact) mass is 289 g/mol. The molecule has 0 saturated carbocycles. The van der Waals surface area contributed by atoms with Gasteiger partial charge in [-0.05, 0) is 29.5 Å². The third-order valence-electron chi connectivity index (χ3n) is 2.60. The van der Waals surface area contributed by atoms with Crippen LogP contribution in [0.5, 0.6) is 0 Å². The fraction of sp³-hybridized carbons (Fsp3) is 0.214. The number of aromatic nitrogens is 2. The topological polar surface area (TPSA) is 74.8 Å². The zero-order valence-corrected chi connectivity index (χ0v) is 11.9. The molecule has 2 aromatic rings. The van der Waals surface area contributed by atoms with Crippen molar-refractivity contribution in [2.24, 2.45) is 0 Å². The molecular weight excluding hydrogens is 274 g/mol. The van der Waals surface area contributed by atoms with Crippen LogP contribution in [-0.2, 0) is 6.54 Å². The summed E-state index contributed by atoms with van der Waals surface area (Å²) >= 11 is 1.78. The quantitative estimate of drug-likeness (QED) is 0.823. The smallest absolute Gasteiger partial charge is 0.271 e. The number of carbonyl (C=O) groups is 1. The molecule has 1 amide bonds. The van der Waals surface area contributed by atoms with Gasteiger partial charge in [-0.2, -0.15) is 5.10 Å². The number of carbonyl (C=O) groups excluding carboxylic acids is 1. The van der Waals surface area contributed by atoms with Gasteiger partial charge in [-0.25, -0.2) is 5.10 Å². The largest absolute Gasteiger partial charge is 0.347 e. The molecule has 0 bridgehead atoms. The van der Waals surface area contributed by atoms with Crippen LogP contribution in [0.15, 0.2) is 46.1 Å². The predicted octanol–water partition coefficient (Wildman–Crippen LogP) is 1.81. The zero-order chi connectivity index (χ0) is 14.4. The highest BCUT2D eigenvalue weighted by Gasteiger charge is 2.06. The lowest BCUT2D eigenvalue weighted by Gasteiger charge is -2.05. The number of amides is 1. The second-order valence-corrected chi connectivity index (χ2v) is 5.40. The number of rotatable bonds is 5. The van der Waals surface area contributed by atoms with Crippen molar-refractivity contribution in [3.8, 4) is 0 Å². The van der Waals surface area contributed by atoms with Gasteiger partial charge >= 0.3 is 0 Å². The van der Waals surface area contributed by atoms with Crippen molar-refractivity contribution in [3.05, 3.63) is 58.0 Å². The maximum absolute atomic E-state index is 11.8. The lowest BCUT2D eigenvalue weighted by atomic mass is 10.2. The van der Waals surface area contributed by atoms with E-state index in [1.165, 1.54) is 17.0 Å². The molecule has 0 saturated heterocycles. The van der Waals surface area contributed by atoms with Gasteiger partial charge in [0.05, 0.1) is 0 Å². The van der Waals surface area contributed by atoms with Gasteiger partial charge in [-0.15, -0.1) is 11.8 Å². The standard InChI is InChI=1S/C14H15N3O2S/c1-2-20-11-5-3-10(4-6-11)9-15-14(19)12-7-8-13(18)17-16-12/h3-8H,2,9H2,1H3,(H,15,19)(H,17,18). The van der Waals surface area contributed by atoms with Crippen LogP contribution in [0, 0.1) is 0 Å². The summed E-state index contributed by atoms with van der Waals surface area (Å²) in [6, 6.07) is 10.7. The Morgan fingerprint density at radius 2 is 2.00 bits per heavy atom. The summed E-state index contributed by atoms with van der Waals surface area (Å²) in [4.78, 5) is 23.9. The molecule has 0 radical (unpaired) electrons. The number of benzene rings is 1. The van der Waals surface area contributed by atoms with E-state index in [1.54, 1.807) is 11.8 Å². The van der Waals surface area contributed by atoms with Crippen LogP contribution in [0.3, 0.4) is 0 Å². The van der Waals surface area contributed by atoms with Gasteiger partial charge in [-0.3, -0.25) is 9.59 Å². The lowest BCUT2D eigenvalue weighted by Crippen LogP contribution is -2.25. The number of hydrogen-bond donors (Lipinski definition) is 2. The van der Waals surface area contributed by atoms with E-state index in [-0.39, 0.29) is 17.2 Å². The van der Waals surface area contributed by atoms with Crippen LogP contribution in [0.4, 0.5) is 0 Å². The molecule has 20 heavy (non-hydrogen) atoms. The predicted molar refractivity (Wildman–Crippen MR) is 78.9 cm³/mol. The van der Waals surface area contributed by atoms with Crippen molar-refractivity contribution in [1.29, 1.82) is 0 Å². The average Bonchev–Trinajstić information content (AvgIpc) is 2.47. The Balaban J connectivity index is 1.92. The van der Waals surface area contributed by atoms with Gasteiger partial charge in [0.1, 0.15) is 5.69 Å². The summed E-state index contributed by atoms with van der Waals surface area (Å²) in [7, 11) is 0. The summed E-state index contributed by atoms with van der Waals surface area (Å²) in [5.74, 6) is 0.724. The first-order valence-corrected chi connectivity index (χ1v) is 7.23. The van der Waals surface area contributed by atoms with Gasteiger partial charge in [0.25, 0.3) is 11.5 Å². The van der Waals surface area contributed by atoms with Crippen LogP contribution < -0.4 is 10.9 Å². The molecule has 0 aliphatic heterocycles. The lowest BCUT2D eigenvalue weighted by molar-refractivity contribution is 0.0945. The Labute approximate surface area is 120 Å². The van der Waals surface area contributed by atoms with Crippen LogP contribution in [0.1, 0.15) is 23.0 Å². The fourth-order valence-corrected chi connectivity index (χ4v) is 2.28. The summed E-state index contributed by atoms with van der Waals surface area (Å²) in [5.41, 5.74) is 0.886. The normalized spacial score (nSPS) is 10.2. The van der Waals surface area contributed by atoms with E-state index >= 15 is 0 Å². The van der Waals surface area contributed by atoms with Gasteiger partial charge in [0.2, 0.25) is 0 Å². The van der Waals surface area contributed by atoms with E-state index in [0.717, 1.165) is 11.3 Å². The maximum Gasteiger partial charge on any atom is 0.271 e. The van der Waals surface area contributed by atoms with Gasteiger partial charge in [-0.1, -0.05) is 19.1 Å². The van der Waals surface area contributed by atoms with Crippen molar-refractivity contribution in [1.82, 2.24) is 15.5 Å². The molecule has 0 aliphatic rings. The van der Waals surface area contributed by atoms with E-state index in [2.05, 4.69) is 22.4 Å². The highest BCUT2D eigenvalue weighted by atomic mass is 32.2. The highest BCUT2D eigenvalue weighted by molar-refractivity contribution is 7.99. The molecular formula is C14H15N3O2S. The maximum atomic E-state index is 11.8. The Hall–Kier alpha value is -2.08. The van der Waals surface area contributed by atoms with Gasteiger partial charge in [0.15, 0.2) is 0 Å². The molecule has 104 valence electrons. The Bertz CT molecular complexity index is 617. The molecule has 0 unspecified atom stereocenters. The van der Waals surface area contributed by atoms with Crippen LogP contribution >= 0.6 is 11.8 Å². The zero-order valence-electron chi connectivity index (χ0n) is 11.1. The van der Waals surface area contributed by atoms with Crippen LogP contribution in [0.25, 0.3) is 0 Å². The molecule has 0 atom stereocenters. The van der Waals surface area contributed by atoms with Gasteiger partial charge in [0, 0.05) is 17.5 Å². The number of H-pyrrole nitrogens is 1. The minimum Gasteiger partial charge on any atom is -0.347 e. The van der Waals surface area contributed by atoms with Crippen molar-refractivity contribution < 1.29 is 4.79 Å². The average molecular weight is 289 g/mol. The minimum atomic E-state index is -0.328. The first kappa shape index (κ1) is 14.3. The molecule has 0 aliphatic carbocycles. The Morgan fingerprint density at radius 1 is 1.25 bits per heavy atom. The molecule has 0 spiro atoms. The fourth-order valence-electron chi connectivity index (χ4n) is 1.61. The SMILES string of the molecule is CCSc1ccc(CNC(=O)c2ccc(=O)[nH]n2)cc1. The third kappa shape index (κ3) is 3.96. The molecule has 1 heterocycles. The van der Waals surface area contributed by atoms with E-state index < -0.39 is 0 Å². The Kier molecular flexibility index (Phi) is 4.95. The van der Waals surface area contributed by atoms with Crippen molar-refractivity contribution in [2.45, 2.75) is 18.4 Å². The van der Waals surface area contributed by atoms with E-state index in [0.29, 0.717) is 6.54 Å². The van der Waals surface area contributed by atoms with E-state index in [4.69, 9.17) is 0 Å². The van der Waals surface area contributed by atoms with Crippen molar-refractivity contribution in [3.63, 3.8) is 0 Å². The molecule has 6 heteroatoms. The number of hydrogen-bond acceptors (Lipinski definition) is 4. The second kappa shape index (κ2) is 6.91. The summed E-state index contributed by atoms with van der Waals surface area (Å²) < 4.78 is 0. The van der Waals surface area contributed by atoms with E-state index in [9.17, 15) is 9.59 Å². The molecule has 1 aromatic carbocycles. The van der Waals surface area contributed by atoms with Crippen molar-refractivity contribution in [2.75, 3.05) is 5.75 Å². The number of nitrogens with one attached hydrogen (secondary N) is 2. The molecule has 2 rings (SSSR count). The first-order valence-electron chi connectivity index (χ1n) is 6.24. The Morgan fingerprint density at radius 3 is 2.60 bits per heavy atom. The molecule has 0 fully saturated rings. The van der Waals surface area contributed by atoms with Gasteiger partial charge < -0.3 is 5.32 Å². The highest BCUT2D eigenvalue weighted by Crippen LogP contribution is 2.17. The summed E-state index contributed by atoms with van der Waals surface area (Å²) in [6.45, 7) is 2.53. The third-order valence-corrected chi connectivity index (χ3v) is 3.49. The second-order valence-electron chi connectivity index (χ2n) is 4.07. The number of aromatic amines is 1. The summed E-state index contributed by atoms with van der Waals surface area (Å²) in [5, 5.41) is 8.66.